The summed E-state index contributed by atoms with van der Waals surface area (Å²) >= 11 is 0. The number of nitrogen functional groups attached to an aromatic ring is 1. The number of likely N-dealkylation sites (N-methyl/N-ethyl adjacent to an activating group) is 1. The monoisotopic (exact) mass is 491 g/mol. The summed E-state index contributed by atoms with van der Waals surface area (Å²) in [6.07, 6.45) is 1.51. The van der Waals surface area contributed by atoms with Crippen molar-refractivity contribution in [2.75, 3.05) is 49.0 Å². The van der Waals surface area contributed by atoms with Gasteiger partial charge in [-0.2, -0.15) is 4.98 Å². The summed E-state index contributed by atoms with van der Waals surface area (Å²) in [6, 6.07) is 12.2. The van der Waals surface area contributed by atoms with Crippen LogP contribution in [0.4, 0.5) is 34.5 Å². The molecule has 188 valence electrons. The van der Waals surface area contributed by atoms with E-state index in [0.717, 1.165) is 0 Å². The van der Waals surface area contributed by atoms with Gasteiger partial charge >= 0.3 is 0 Å². The number of hydrogen-bond donors (Lipinski definition) is 3. The maximum Gasteiger partial charge on any atom is 0.276 e. The van der Waals surface area contributed by atoms with Crippen molar-refractivity contribution in [1.82, 2.24) is 14.9 Å². The zero-order chi connectivity index (χ0) is 26.0. The first kappa shape index (κ1) is 24.7. The van der Waals surface area contributed by atoms with Crippen LogP contribution >= 0.6 is 0 Å². The summed E-state index contributed by atoms with van der Waals surface area (Å²) in [5, 5.41) is 5.95. The highest BCUT2D eigenvalue weighted by atomic mass is 16.5. The Balaban J connectivity index is 1.65. The molecule has 2 aromatic carbocycles. The van der Waals surface area contributed by atoms with Crippen LogP contribution in [-0.4, -0.2) is 60.0 Å². The van der Waals surface area contributed by atoms with E-state index in [2.05, 4.69) is 20.6 Å². The zero-order valence-electron chi connectivity index (χ0n) is 20.8. The van der Waals surface area contributed by atoms with Gasteiger partial charge in [0.25, 0.3) is 5.91 Å². The lowest BCUT2D eigenvalue weighted by Crippen LogP contribution is -2.51. The van der Waals surface area contributed by atoms with Gasteiger partial charge in [-0.05, 0) is 58.3 Å². The number of nitrogens with zero attached hydrogens (tertiary/aromatic N) is 4. The highest BCUT2D eigenvalue weighted by molar-refractivity contribution is 6.07. The van der Waals surface area contributed by atoms with Crippen LogP contribution in [0.3, 0.4) is 0 Å². The highest BCUT2D eigenvalue weighted by Gasteiger charge is 2.43. The number of aromatic nitrogens is 2. The van der Waals surface area contributed by atoms with E-state index in [1.54, 1.807) is 61.2 Å². The van der Waals surface area contributed by atoms with Crippen LogP contribution in [0.5, 0.6) is 11.5 Å². The molecule has 0 unspecified atom stereocenters. The second-order valence-electron chi connectivity index (χ2n) is 9.06. The van der Waals surface area contributed by atoms with Gasteiger partial charge in [0.15, 0.2) is 17.2 Å². The lowest BCUT2D eigenvalue weighted by molar-refractivity contribution is -0.131. The van der Waals surface area contributed by atoms with Crippen molar-refractivity contribution in [2.24, 2.45) is 0 Å². The van der Waals surface area contributed by atoms with Crippen LogP contribution < -0.4 is 30.7 Å². The second-order valence-corrected chi connectivity index (χ2v) is 9.06. The number of nitrogens with one attached hydrogen (secondary N) is 2. The van der Waals surface area contributed by atoms with Crippen LogP contribution in [-0.2, 0) is 9.59 Å². The summed E-state index contributed by atoms with van der Waals surface area (Å²) in [4.78, 5) is 37.6. The predicted octanol–water partition coefficient (Wildman–Crippen LogP) is 3.15. The maximum atomic E-state index is 13.3. The number of amides is 2. The molecule has 0 bridgehead atoms. The Hall–Kier alpha value is -4.38. The summed E-state index contributed by atoms with van der Waals surface area (Å²) in [7, 11) is 5.16. The molecule has 11 nitrogen and oxygen atoms in total. The smallest absolute Gasteiger partial charge is 0.276 e. The van der Waals surface area contributed by atoms with E-state index in [1.807, 2.05) is 14.1 Å². The number of carbonyl (C=O) groups is 2. The Morgan fingerprint density at radius 1 is 1.22 bits per heavy atom. The van der Waals surface area contributed by atoms with Gasteiger partial charge in [0, 0.05) is 17.4 Å². The van der Waals surface area contributed by atoms with Crippen LogP contribution in [0.1, 0.15) is 13.8 Å². The first-order valence-corrected chi connectivity index (χ1v) is 11.2. The first-order valence-electron chi connectivity index (χ1n) is 11.2. The van der Waals surface area contributed by atoms with Crippen molar-refractivity contribution >= 4 is 46.3 Å². The molecule has 0 radical (unpaired) electrons. The van der Waals surface area contributed by atoms with Gasteiger partial charge in [-0.1, -0.05) is 6.07 Å². The lowest BCUT2D eigenvalue weighted by Gasteiger charge is -2.37. The molecule has 11 heteroatoms. The first-order chi connectivity index (χ1) is 17.1. The molecule has 1 aromatic heterocycles. The van der Waals surface area contributed by atoms with E-state index in [-0.39, 0.29) is 30.1 Å². The molecular weight excluding hydrogens is 462 g/mol. The fourth-order valence-corrected chi connectivity index (χ4v) is 3.72. The number of anilines is 6. The standard InChI is InChI=1S/C25H29N7O4/c1-25(2)23(34)32(17-8-6-7-15(26)11-17)22-20(36-25)13-27-24(30-22)29-18-10-9-16(12-19(18)35-5)28-21(33)14-31(3)4/h6-13H,14,26H2,1-5H3,(H,28,33)(H,27,29,30). The molecule has 0 atom stereocenters. The van der Waals surface area contributed by atoms with E-state index in [1.165, 1.54) is 18.2 Å². The maximum absolute atomic E-state index is 13.3. The van der Waals surface area contributed by atoms with Crippen molar-refractivity contribution < 1.29 is 19.1 Å². The average Bonchev–Trinajstić information content (AvgIpc) is 2.80. The van der Waals surface area contributed by atoms with E-state index in [4.69, 9.17) is 15.2 Å². The fourth-order valence-electron chi connectivity index (χ4n) is 3.72. The number of nitrogens with two attached hydrogens (primary N) is 1. The highest BCUT2D eigenvalue weighted by Crippen LogP contribution is 2.41. The third-order valence-corrected chi connectivity index (χ3v) is 5.35. The third kappa shape index (κ3) is 5.15. The molecule has 0 aliphatic carbocycles. The van der Waals surface area contributed by atoms with Crippen LogP contribution in [0.15, 0.2) is 48.7 Å². The van der Waals surface area contributed by atoms with Gasteiger partial charge in [-0.25, -0.2) is 4.98 Å². The van der Waals surface area contributed by atoms with Gasteiger partial charge in [0.05, 0.1) is 31.2 Å². The molecular formula is C25H29N7O4. The third-order valence-electron chi connectivity index (χ3n) is 5.35. The number of fused-ring (bicyclic) bond motifs is 1. The molecule has 1 aliphatic heterocycles. The Bertz CT molecular complexity index is 1310. The normalized spacial score (nSPS) is 14.2. The van der Waals surface area contributed by atoms with Gasteiger partial charge < -0.3 is 30.7 Å². The number of ether oxygens (including phenoxy) is 2. The Morgan fingerprint density at radius 3 is 2.69 bits per heavy atom. The number of methoxy groups -OCH3 is 1. The number of rotatable bonds is 7. The predicted molar refractivity (Wildman–Crippen MR) is 138 cm³/mol. The van der Waals surface area contributed by atoms with Crippen molar-refractivity contribution in [1.29, 1.82) is 0 Å². The summed E-state index contributed by atoms with van der Waals surface area (Å²) in [5.41, 5.74) is 7.09. The van der Waals surface area contributed by atoms with Gasteiger partial charge in [0.1, 0.15) is 5.75 Å². The summed E-state index contributed by atoms with van der Waals surface area (Å²) < 4.78 is 11.4. The van der Waals surface area contributed by atoms with Crippen LogP contribution in [0, 0.1) is 0 Å². The minimum atomic E-state index is -1.12. The van der Waals surface area contributed by atoms with Crippen molar-refractivity contribution in [2.45, 2.75) is 19.4 Å². The quantitative estimate of drug-likeness (QED) is 0.426. The lowest BCUT2D eigenvalue weighted by atomic mass is 10.0. The summed E-state index contributed by atoms with van der Waals surface area (Å²) in [6.45, 7) is 3.63. The van der Waals surface area contributed by atoms with E-state index < -0.39 is 5.60 Å². The Kier molecular flexibility index (Phi) is 6.67. The zero-order valence-corrected chi connectivity index (χ0v) is 20.8. The van der Waals surface area contributed by atoms with Gasteiger partial charge in [-0.15, -0.1) is 0 Å². The molecule has 4 rings (SSSR count). The second kappa shape index (κ2) is 9.70. The minimum Gasteiger partial charge on any atom is -0.494 e. The molecule has 0 spiro atoms. The average molecular weight is 492 g/mol. The van der Waals surface area contributed by atoms with Crippen LogP contribution in [0.2, 0.25) is 0 Å². The van der Waals surface area contributed by atoms with Crippen LogP contribution in [0.25, 0.3) is 0 Å². The van der Waals surface area contributed by atoms with Crippen molar-refractivity contribution in [3.05, 3.63) is 48.7 Å². The molecule has 1 aliphatic rings. The molecule has 2 heterocycles. The van der Waals surface area contributed by atoms with E-state index in [9.17, 15) is 9.59 Å². The molecule has 0 saturated carbocycles. The van der Waals surface area contributed by atoms with Crippen molar-refractivity contribution in [3.8, 4) is 11.5 Å². The number of carbonyl (C=O) groups excluding carboxylic acids is 2. The minimum absolute atomic E-state index is 0.144. The fraction of sp³-hybridized carbons (Fsp3) is 0.280. The molecule has 0 saturated heterocycles. The topological polar surface area (TPSA) is 135 Å². The molecule has 4 N–H and O–H groups in total. The largest absolute Gasteiger partial charge is 0.494 e. The van der Waals surface area contributed by atoms with Gasteiger partial charge in [-0.3, -0.25) is 14.5 Å². The Morgan fingerprint density at radius 2 is 2.00 bits per heavy atom. The van der Waals surface area contributed by atoms with Crippen molar-refractivity contribution in [3.63, 3.8) is 0 Å². The molecule has 3 aromatic rings. The van der Waals surface area contributed by atoms with Gasteiger partial charge in [0.2, 0.25) is 11.9 Å². The number of hydrogen-bond acceptors (Lipinski definition) is 9. The van der Waals surface area contributed by atoms with E-state index >= 15 is 0 Å². The molecule has 2 amide bonds. The molecule has 36 heavy (non-hydrogen) atoms. The number of benzene rings is 2. The summed E-state index contributed by atoms with van der Waals surface area (Å²) in [5.74, 6) is 0.907. The Labute approximate surface area is 209 Å². The SMILES string of the molecule is COc1cc(NC(=O)CN(C)C)ccc1Nc1ncc2c(n1)N(c1cccc(N)c1)C(=O)C(C)(C)O2. The van der Waals surface area contributed by atoms with E-state index in [0.29, 0.717) is 34.2 Å². The molecule has 0 fully saturated rings.